The molecule has 1 aliphatic rings. The molecule has 0 aliphatic carbocycles. The summed E-state index contributed by atoms with van der Waals surface area (Å²) in [5.41, 5.74) is 2.41. The van der Waals surface area contributed by atoms with Crippen LogP contribution in [-0.4, -0.2) is 28.5 Å². The van der Waals surface area contributed by atoms with Crippen LogP contribution >= 0.6 is 0 Å². The van der Waals surface area contributed by atoms with Gasteiger partial charge in [0.05, 0.1) is 0 Å². The molecule has 1 aliphatic heterocycles. The molecule has 1 aromatic heterocycles. The summed E-state index contributed by atoms with van der Waals surface area (Å²) < 4.78 is 15.3. The third kappa shape index (κ3) is 4.12. The smallest absolute Gasteiger partial charge is 0.263 e. The average Bonchev–Trinajstić information content (AvgIpc) is 2.66. The second-order valence-corrected chi connectivity index (χ2v) is 7.57. The van der Waals surface area contributed by atoms with Crippen molar-refractivity contribution >= 4 is 5.91 Å². The molecule has 0 saturated carbocycles. The van der Waals surface area contributed by atoms with Gasteiger partial charge in [0, 0.05) is 25.8 Å². The Labute approximate surface area is 159 Å². The van der Waals surface area contributed by atoms with E-state index >= 15 is 0 Å². The highest BCUT2D eigenvalue weighted by Gasteiger charge is 2.26. The molecule has 0 radical (unpaired) electrons. The molecule has 5 heteroatoms. The fourth-order valence-corrected chi connectivity index (χ4v) is 3.88. The summed E-state index contributed by atoms with van der Waals surface area (Å²) in [6.45, 7) is 4.99. The number of carbonyl (C=O) groups is 1. The normalized spacial score (nSPS) is 15.2. The third-order valence-corrected chi connectivity index (χ3v) is 5.76. The maximum atomic E-state index is 13.8. The molecule has 3 rings (SSSR count). The Hall–Kier alpha value is -2.43. The number of carbonyl (C=O) groups excluding carboxylic acids is 1. The zero-order valence-electron chi connectivity index (χ0n) is 16.3. The maximum absolute atomic E-state index is 13.8. The molecule has 1 aromatic carbocycles. The number of amides is 1. The van der Waals surface area contributed by atoms with Gasteiger partial charge in [0.1, 0.15) is 11.4 Å². The van der Waals surface area contributed by atoms with Gasteiger partial charge in [-0.05, 0) is 68.7 Å². The highest BCUT2D eigenvalue weighted by Crippen LogP contribution is 2.24. The molecule has 0 bridgehead atoms. The van der Waals surface area contributed by atoms with Crippen molar-refractivity contribution in [2.24, 2.45) is 13.0 Å². The molecule has 1 fully saturated rings. The standard InChI is InChI=1S/C22H27FN2O2/c1-15-14-16(2)24(3)21(26)20(15)22(27)25-12-10-17(11-13-25)8-9-18-6-4-5-7-19(18)23/h4-7,14,17H,8-13H2,1-3H3. The molecule has 1 saturated heterocycles. The number of aryl methyl sites for hydroxylation is 3. The van der Waals surface area contributed by atoms with Crippen LogP contribution in [0.4, 0.5) is 4.39 Å². The topological polar surface area (TPSA) is 42.3 Å². The third-order valence-electron chi connectivity index (χ3n) is 5.76. The highest BCUT2D eigenvalue weighted by molar-refractivity contribution is 5.95. The first-order valence-electron chi connectivity index (χ1n) is 9.58. The van der Waals surface area contributed by atoms with E-state index in [9.17, 15) is 14.0 Å². The lowest BCUT2D eigenvalue weighted by Gasteiger charge is -2.32. The molecule has 0 N–H and O–H groups in total. The lowest BCUT2D eigenvalue weighted by Crippen LogP contribution is -2.42. The molecule has 0 atom stereocenters. The molecule has 4 nitrogen and oxygen atoms in total. The lowest BCUT2D eigenvalue weighted by atomic mass is 9.90. The van der Waals surface area contributed by atoms with E-state index in [4.69, 9.17) is 0 Å². The van der Waals surface area contributed by atoms with Crippen molar-refractivity contribution in [2.45, 2.75) is 39.5 Å². The van der Waals surface area contributed by atoms with Crippen molar-refractivity contribution in [2.75, 3.05) is 13.1 Å². The minimum atomic E-state index is -0.223. The number of aromatic nitrogens is 1. The molecule has 2 aromatic rings. The van der Waals surface area contributed by atoms with Crippen LogP contribution in [0, 0.1) is 25.6 Å². The number of benzene rings is 1. The van der Waals surface area contributed by atoms with Gasteiger partial charge in [-0.15, -0.1) is 0 Å². The number of nitrogens with zero attached hydrogens (tertiary/aromatic N) is 2. The Balaban J connectivity index is 1.61. The Bertz CT molecular complexity index is 896. The quantitative estimate of drug-likeness (QED) is 0.825. The number of likely N-dealkylation sites (tertiary alicyclic amines) is 1. The minimum Gasteiger partial charge on any atom is -0.338 e. The van der Waals surface area contributed by atoms with Crippen LogP contribution in [0.5, 0.6) is 0 Å². The van der Waals surface area contributed by atoms with Crippen LogP contribution in [0.15, 0.2) is 35.1 Å². The van der Waals surface area contributed by atoms with E-state index < -0.39 is 0 Å². The van der Waals surface area contributed by atoms with Crippen molar-refractivity contribution in [3.63, 3.8) is 0 Å². The molecule has 1 amide bonds. The molecule has 0 spiro atoms. The predicted octanol–water partition coefficient (Wildman–Crippen LogP) is 3.63. The Kier molecular flexibility index (Phi) is 5.78. The molecular formula is C22H27FN2O2. The summed E-state index contributed by atoms with van der Waals surface area (Å²) in [5.74, 6) is 0.173. The van der Waals surface area contributed by atoms with E-state index in [2.05, 4.69) is 0 Å². The molecule has 27 heavy (non-hydrogen) atoms. The summed E-state index contributed by atoms with van der Waals surface area (Å²) in [7, 11) is 1.70. The van der Waals surface area contributed by atoms with E-state index in [1.54, 1.807) is 18.0 Å². The highest BCUT2D eigenvalue weighted by atomic mass is 19.1. The van der Waals surface area contributed by atoms with Crippen LogP contribution < -0.4 is 5.56 Å². The summed E-state index contributed by atoms with van der Waals surface area (Å²) in [6.07, 6.45) is 3.44. The molecule has 144 valence electrons. The Morgan fingerprint density at radius 3 is 2.52 bits per heavy atom. The van der Waals surface area contributed by atoms with Gasteiger partial charge in [0.15, 0.2) is 0 Å². The van der Waals surface area contributed by atoms with Gasteiger partial charge in [0.2, 0.25) is 0 Å². The number of halogens is 1. The van der Waals surface area contributed by atoms with Crippen LogP contribution in [-0.2, 0) is 13.5 Å². The van der Waals surface area contributed by atoms with Crippen LogP contribution in [0.2, 0.25) is 0 Å². The second-order valence-electron chi connectivity index (χ2n) is 7.57. The summed E-state index contributed by atoms with van der Waals surface area (Å²) >= 11 is 0. The zero-order valence-corrected chi connectivity index (χ0v) is 16.3. The zero-order chi connectivity index (χ0) is 19.6. The largest absolute Gasteiger partial charge is 0.338 e. The van der Waals surface area contributed by atoms with Gasteiger partial charge in [-0.2, -0.15) is 0 Å². The van der Waals surface area contributed by atoms with Crippen molar-refractivity contribution in [3.05, 3.63) is 68.9 Å². The van der Waals surface area contributed by atoms with Gasteiger partial charge in [0.25, 0.3) is 11.5 Å². The van der Waals surface area contributed by atoms with E-state index in [1.807, 2.05) is 32.0 Å². The average molecular weight is 370 g/mol. The summed E-state index contributed by atoms with van der Waals surface area (Å²) in [6, 6.07) is 8.80. The van der Waals surface area contributed by atoms with Crippen molar-refractivity contribution in [3.8, 4) is 0 Å². The minimum absolute atomic E-state index is 0.143. The monoisotopic (exact) mass is 370 g/mol. The summed E-state index contributed by atoms with van der Waals surface area (Å²) in [5, 5.41) is 0. The van der Waals surface area contributed by atoms with Gasteiger partial charge in [-0.3, -0.25) is 9.59 Å². The van der Waals surface area contributed by atoms with Crippen LogP contribution in [0.3, 0.4) is 0 Å². The Morgan fingerprint density at radius 1 is 1.19 bits per heavy atom. The fourth-order valence-electron chi connectivity index (χ4n) is 3.88. The van der Waals surface area contributed by atoms with Crippen LogP contribution in [0.1, 0.15) is 46.4 Å². The molecule has 0 unspecified atom stereocenters. The first-order valence-corrected chi connectivity index (χ1v) is 9.58. The number of rotatable bonds is 4. The predicted molar refractivity (Wildman–Crippen MR) is 105 cm³/mol. The number of hydrogen-bond acceptors (Lipinski definition) is 2. The van der Waals surface area contributed by atoms with Gasteiger partial charge in [-0.1, -0.05) is 18.2 Å². The number of piperidine rings is 1. The van der Waals surface area contributed by atoms with Gasteiger partial charge >= 0.3 is 0 Å². The number of hydrogen-bond donors (Lipinski definition) is 0. The van der Waals surface area contributed by atoms with E-state index in [-0.39, 0.29) is 22.8 Å². The number of pyridine rings is 1. The first kappa shape index (κ1) is 19.3. The van der Waals surface area contributed by atoms with Crippen molar-refractivity contribution in [1.82, 2.24) is 9.47 Å². The fraction of sp³-hybridized carbons (Fsp3) is 0.455. The van der Waals surface area contributed by atoms with Crippen LogP contribution in [0.25, 0.3) is 0 Å². The first-order chi connectivity index (χ1) is 12.9. The molecular weight excluding hydrogens is 343 g/mol. The SMILES string of the molecule is Cc1cc(C)n(C)c(=O)c1C(=O)N1CCC(CCc2ccccc2F)CC1. The second kappa shape index (κ2) is 8.07. The van der Waals surface area contributed by atoms with Gasteiger partial charge < -0.3 is 9.47 Å². The van der Waals surface area contributed by atoms with E-state index in [1.165, 1.54) is 10.6 Å². The van der Waals surface area contributed by atoms with Crippen molar-refractivity contribution < 1.29 is 9.18 Å². The summed E-state index contributed by atoms with van der Waals surface area (Å²) in [4.78, 5) is 27.2. The molecule has 2 heterocycles. The van der Waals surface area contributed by atoms with Crippen molar-refractivity contribution in [1.29, 1.82) is 0 Å². The van der Waals surface area contributed by atoms with E-state index in [0.29, 0.717) is 19.0 Å². The Morgan fingerprint density at radius 2 is 1.85 bits per heavy atom. The van der Waals surface area contributed by atoms with E-state index in [0.717, 1.165) is 42.5 Å². The maximum Gasteiger partial charge on any atom is 0.263 e. The lowest BCUT2D eigenvalue weighted by molar-refractivity contribution is 0.0683. The van der Waals surface area contributed by atoms with Gasteiger partial charge in [-0.25, -0.2) is 4.39 Å².